The van der Waals surface area contributed by atoms with Crippen LogP contribution in [0.4, 0.5) is 4.79 Å². The highest BCUT2D eigenvalue weighted by Gasteiger charge is 2.27. The van der Waals surface area contributed by atoms with Crippen LogP contribution in [0.3, 0.4) is 0 Å². The number of ether oxygens (including phenoxy) is 1. The lowest BCUT2D eigenvalue weighted by atomic mass is 10.1. The minimum atomic E-state index is -0.745. The first kappa shape index (κ1) is 34.9. The number of aliphatic hydroxyl groups is 1. The van der Waals surface area contributed by atoms with Gasteiger partial charge >= 0.3 is 6.09 Å². The minimum Gasteiger partial charge on any atom is -0.444 e. The van der Waals surface area contributed by atoms with Gasteiger partial charge in [-0.05, 0) is 58.5 Å². The van der Waals surface area contributed by atoms with E-state index in [1.54, 1.807) is 22.9 Å². The second-order valence-electron chi connectivity index (χ2n) is 11.7. The molecule has 2 heterocycles. The molecule has 1 aliphatic heterocycles. The third-order valence-electron chi connectivity index (χ3n) is 7.03. The largest absolute Gasteiger partial charge is 0.444 e. The number of thioether (sulfide) groups is 1. The van der Waals surface area contributed by atoms with Crippen molar-refractivity contribution in [1.29, 1.82) is 0 Å². The molecular formula is C29H52N6O5S. The van der Waals surface area contributed by atoms with Gasteiger partial charge in [0.25, 0.3) is 0 Å². The zero-order valence-electron chi connectivity index (χ0n) is 25.6. The Kier molecular flexibility index (Phi) is 16.1. The second-order valence-corrected chi connectivity index (χ2v) is 12.7. The molecule has 12 heteroatoms. The molecule has 2 rings (SSSR count). The van der Waals surface area contributed by atoms with Gasteiger partial charge in [0, 0.05) is 45.3 Å². The molecule has 1 fully saturated rings. The van der Waals surface area contributed by atoms with Crippen molar-refractivity contribution in [2.24, 2.45) is 0 Å². The number of carbonyl (C=O) groups excluding carboxylic acids is 3. The van der Waals surface area contributed by atoms with E-state index < -0.39 is 11.6 Å². The highest BCUT2D eigenvalue weighted by molar-refractivity contribution is 7.98. The zero-order valence-corrected chi connectivity index (χ0v) is 26.4. The van der Waals surface area contributed by atoms with Crippen LogP contribution in [-0.4, -0.2) is 105 Å². The number of amides is 3. The van der Waals surface area contributed by atoms with Crippen molar-refractivity contribution in [2.75, 3.05) is 51.3 Å². The van der Waals surface area contributed by atoms with Gasteiger partial charge in [0.05, 0.1) is 12.3 Å². The van der Waals surface area contributed by atoms with Crippen LogP contribution in [0.2, 0.25) is 0 Å². The normalized spacial score (nSPS) is 14.7. The molecule has 234 valence electrons. The number of nitrogens with one attached hydrogen (secondary N) is 1. The van der Waals surface area contributed by atoms with E-state index in [1.807, 2.05) is 25.7 Å². The van der Waals surface area contributed by atoms with Gasteiger partial charge in [0.1, 0.15) is 5.60 Å². The van der Waals surface area contributed by atoms with Crippen LogP contribution in [0.5, 0.6) is 0 Å². The van der Waals surface area contributed by atoms with E-state index in [9.17, 15) is 19.5 Å². The number of hydrogen-bond donors (Lipinski definition) is 2. The fourth-order valence-corrected chi connectivity index (χ4v) is 5.11. The van der Waals surface area contributed by atoms with Crippen LogP contribution in [0.25, 0.3) is 0 Å². The van der Waals surface area contributed by atoms with Crippen LogP contribution >= 0.6 is 11.8 Å². The van der Waals surface area contributed by atoms with E-state index in [1.165, 1.54) is 4.68 Å². The summed E-state index contributed by atoms with van der Waals surface area (Å²) in [4.78, 5) is 40.7. The topological polar surface area (TPSA) is 130 Å². The Morgan fingerprint density at radius 2 is 1.59 bits per heavy atom. The average Bonchev–Trinajstić information content (AvgIpc) is 3.39. The molecule has 0 radical (unpaired) electrons. The molecule has 11 nitrogen and oxygen atoms in total. The summed E-state index contributed by atoms with van der Waals surface area (Å²) in [5.74, 6) is 0.999. The van der Waals surface area contributed by atoms with Gasteiger partial charge < -0.3 is 25.0 Å². The Morgan fingerprint density at radius 1 is 0.976 bits per heavy atom. The quantitative estimate of drug-likeness (QED) is 0.245. The summed E-state index contributed by atoms with van der Waals surface area (Å²) in [7, 11) is 0. The van der Waals surface area contributed by atoms with Crippen LogP contribution in [-0.2, 0) is 20.7 Å². The molecule has 3 amide bonds. The predicted molar refractivity (Wildman–Crippen MR) is 162 cm³/mol. The molecule has 0 saturated carbocycles. The number of piperazine rings is 1. The van der Waals surface area contributed by atoms with E-state index in [2.05, 4.69) is 21.9 Å². The summed E-state index contributed by atoms with van der Waals surface area (Å²) in [5, 5.41) is 20.8. The van der Waals surface area contributed by atoms with E-state index >= 15 is 0 Å². The molecule has 0 bridgehead atoms. The van der Waals surface area contributed by atoms with Crippen molar-refractivity contribution in [2.45, 2.75) is 103 Å². The SMILES string of the molecule is CSCCCc1cn([C@@H](CO)C(=O)NCCCCCCCCCCC(=O)N2CCN(C(=O)OC(C)(C)C)CC2)nn1. The molecule has 0 spiro atoms. The van der Waals surface area contributed by atoms with Gasteiger partial charge in [-0.2, -0.15) is 11.8 Å². The molecule has 2 N–H and O–H groups in total. The fraction of sp³-hybridized carbons (Fsp3) is 0.828. The van der Waals surface area contributed by atoms with Crippen molar-refractivity contribution >= 4 is 29.7 Å². The molecule has 0 aromatic carbocycles. The standard InChI is InChI=1S/C29H52N6O5S/c1-29(2,3)40-28(39)34-19-17-33(18-20-34)26(37)15-11-9-7-5-6-8-10-12-16-30-27(38)25(23-36)35-22-24(31-32-35)14-13-21-41-4/h22,25,36H,5-21,23H2,1-4H3,(H,30,38)/t25-/m0/s1. The Bertz CT molecular complexity index is 914. The number of aryl methyl sites for hydroxylation is 1. The van der Waals surface area contributed by atoms with Crippen molar-refractivity contribution in [3.05, 3.63) is 11.9 Å². The van der Waals surface area contributed by atoms with Gasteiger partial charge in [0.15, 0.2) is 6.04 Å². The predicted octanol–water partition coefficient (Wildman–Crippen LogP) is 3.81. The van der Waals surface area contributed by atoms with Gasteiger partial charge in [-0.1, -0.05) is 43.7 Å². The van der Waals surface area contributed by atoms with E-state index in [0.717, 1.165) is 75.7 Å². The maximum Gasteiger partial charge on any atom is 0.410 e. The van der Waals surface area contributed by atoms with Crippen molar-refractivity contribution in [3.8, 4) is 0 Å². The van der Waals surface area contributed by atoms with Crippen LogP contribution in [0, 0.1) is 0 Å². The molecule has 0 unspecified atom stereocenters. The number of hydrogen-bond acceptors (Lipinski definition) is 8. The third kappa shape index (κ3) is 13.9. The van der Waals surface area contributed by atoms with Crippen molar-refractivity contribution in [1.82, 2.24) is 30.1 Å². The van der Waals surface area contributed by atoms with Gasteiger partial charge in [-0.15, -0.1) is 5.10 Å². The Balaban J connectivity index is 1.46. The van der Waals surface area contributed by atoms with Crippen LogP contribution in [0.1, 0.15) is 96.7 Å². The summed E-state index contributed by atoms with van der Waals surface area (Å²) in [6.45, 7) is 8.02. The molecule has 0 aliphatic carbocycles. The lowest BCUT2D eigenvalue weighted by molar-refractivity contribution is -0.133. The van der Waals surface area contributed by atoms with E-state index in [-0.39, 0.29) is 24.5 Å². The average molecular weight is 597 g/mol. The van der Waals surface area contributed by atoms with Gasteiger partial charge in [0.2, 0.25) is 11.8 Å². The number of aromatic nitrogens is 3. The minimum absolute atomic E-state index is 0.176. The third-order valence-corrected chi connectivity index (χ3v) is 7.73. The number of aliphatic hydroxyl groups excluding tert-OH is 1. The first-order valence-corrected chi connectivity index (χ1v) is 16.6. The lowest BCUT2D eigenvalue weighted by Gasteiger charge is -2.35. The fourth-order valence-electron chi connectivity index (χ4n) is 4.68. The molecule has 1 aliphatic rings. The number of unbranched alkanes of at least 4 members (excludes halogenated alkanes) is 7. The van der Waals surface area contributed by atoms with Gasteiger partial charge in [-0.3, -0.25) is 9.59 Å². The molecule has 1 aromatic heterocycles. The number of rotatable bonds is 18. The van der Waals surface area contributed by atoms with Crippen molar-refractivity contribution in [3.63, 3.8) is 0 Å². The molecular weight excluding hydrogens is 544 g/mol. The Hall–Kier alpha value is -2.34. The smallest absolute Gasteiger partial charge is 0.410 e. The monoisotopic (exact) mass is 596 g/mol. The van der Waals surface area contributed by atoms with Crippen LogP contribution < -0.4 is 5.32 Å². The Morgan fingerprint density at radius 3 is 2.20 bits per heavy atom. The lowest BCUT2D eigenvalue weighted by Crippen LogP contribution is -2.51. The first-order valence-electron chi connectivity index (χ1n) is 15.2. The Labute approximate surface area is 250 Å². The van der Waals surface area contributed by atoms with Crippen molar-refractivity contribution < 1.29 is 24.2 Å². The summed E-state index contributed by atoms with van der Waals surface area (Å²) in [6.07, 6.45) is 14.3. The summed E-state index contributed by atoms with van der Waals surface area (Å²) in [5.41, 5.74) is 0.330. The van der Waals surface area contributed by atoms with Gasteiger partial charge in [-0.25, -0.2) is 9.48 Å². The molecule has 1 aromatic rings. The number of nitrogens with zero attached hydrogens (tertiary/aromatic N) is 5. The summed E-state index contributed by atoms with van der Waals surface area (Å²) in [6, 6.07) is -0.745. The highest BCUT2D eigenvalue weighted by atomic mass is 32.2. The zero-order chi connectivity index (χ0) is 30.1. The maximum absolute atomic E-state index is 12.5. The molecule has 1 saturated heterocycles. The molecule has 1 atom stereocenters. The second kappa shape index (κ2) is 19.0. The molecule has 41 heavy (non-hydrogen) atoms. The maximum atomic E-state index is 12.5. The highest BCUT2D eigenvalue weighted by Crippen LogP contribution is 2.14. The van der Waals surface area contributed by atoms with E-state index in [0.29, 0.717) is 39.1 Å². The number of carbonyl (C=O) groups is 3. The summed E-state index contributed by atoms with van der Waals surface area (Å²) < 4.78 is 6.88. The first-order chi connectivity index (χ1) is 19.6. The van der Waals surface area contributed by atoms with E-state index in [4.69, 9.17) is 4.74 Å². The summed E-state index contributed by atoms with van der Waals surface area (Å²) >= 11 is 1.79. The van der Waals surface area contributed by atoms with Crippen LogP contribution in [0.15, 0.2) is 6.20 Å².